The molecule has 3 rings (SSSR count). The summed E-state index contributed by atoms with van der Waals surface area (Å²) in [6.45, 7) is 5.12. The highest BCUT2D eigenvalue weighted by molar-refractivity contribution is 5.96. The van der Waals surface area contributed by atoms with Crippen LogP contribution < -0.4 is 10.1 Å². The van der Waals surface area contributed by atoms with E-state index in [1.807, 2.05) is 19.9 Å². The van der Waals surface area contributed by atoms with Crippen LogP contribution in [0, 0.1) is 13.8 Å². The number of methoxy groups -OCH3 is 1. The molecule has 0 aliphatic heterocycles. The van der Waals surface area contributed by atoms with Crippen LogP contribution in [0.15, 0.2) is 30.3 Å². The smallest absolute Gasteiger partial charge is 0.379 e. The molecule has 0 aliphatic carbocycles. The van der Waals surface area contributed by atoms with E-state index >= 15 is 0 Å². The summed E-state index contributed by atoms with van der Waals surface area (Å²) in [5.41, 5.74) is 2.08. The number of aromatic nitrogens is 4. The number of nitrogens with zero attached hydrogens (tertiary/aromatic N) is 4. The van der Waals surface area contributed by atoms with Crippen molar-refractivity contribution in [3.63, 3.8) is 0 Å². The van der Waals surface area contributed by atoms with Gasteiger partial charge in [0, 0.05) is 23.1 Å². The molecule has 0 aliphatic rings. The number of rotatable bonds is 5. The molecule has 0 saturated carbocycles. The van der Waals surface area contributed by atoms with Crippen molar-refractivity contribution < 1.29 is 19.1 Å². The molecule has 0 unspecified atom stereocenters. The van der Waals surface area contributed by atoms with E-state index in [2.05, 4.69) is 20.4 Å². The Hall–Kier alpha value is -3.49. The summed E-state index contributed by atoms with van der Waals surface area (Å²) in [5.74, 6) is -0.536. The Morgan fingerprint density at radius 2 is 1.96 bits per heavy atom. The van der Waals surface area contributed by atoms with Gasteiger partial charge in [-0.15, -0.1) is 5.10 Å². The van der Waals surface area contributed by atoms with E-state index < -0.39 is 18.0 Å². The summed E-state index contributed by atoms with van der Waals surface area (Å²) in [4.78, 5) is 32.8. The fourth-order valence-corrected chi connectivity index (χ4v) is 2.46. The number of anilines is 1. The van der Waals surface area contributed by atoms with Crippen LogP contribution in [-0.2, 0) is 9.53 Å². The van der Waals surface area contributed by atoms with Crippen LogP contribution in [0.25, 0.3) is 5.78 Å². The van der Waals surface area contributed by atoms with E-state index in [-0.39, 0.29) is 5.82 Å². The van der Waals surface area contributed by atoms with Crippen molar-refractivity contribution in [3.8, 4) is 5.75 Å². The highest BCUT2D eigenvalue weighted by Crippen LogP contribution is 2.17. The molecule has 1 amide bonds. The average molecular weight is 369 g/mol. The Kier molecular flexibility index (Phi) is 5.02. The molecule has 1 N–H and O–H groups in total. The predicted molar refractivity (Wildman–Crippen MR) is 96.8 cm³/mol. The number of carbonyl (C=O) groups excluding carboxylic acids is 2. The third-order valence-electron chi connectivity index (χ3n) is 3.79. The molecule has 27 heavy (non-hydrogen) atoms. The van der Waals surface area contributed by atoms with Gasteiger partial charge < -0.3 is 14.8 Å². The summed E-state index contributed by atoms with van der Waals surface area (Å²) in [7, 11) is 1.53. The molecule has 0 radical (unpaired) electrons. The zero-order valence-electron chi connectivity index (χ0n) is 15.4. The molecule has 9 heteroatoms. The number of ether oxygens (including phenoxy) is 2. The number of benzene rings is 1. The molecule has 0 fully saturated rings. The van der Waals surface area contributed by atoms with Gasteiger partial charge in [0.25, 0.3) is 17.5 Å². The first kappa shape index (κ1) is 18.3. The molecule has 0 bridgehead atoms. The van der Waals surface area contributed by atoms with E-state index in [4.69, 9.17) is 9.47 Å². The minimum absolute atomic E-state index is 0.155. The fraction of sp³-hybridized carbons (Fsp3) is 0.278. The van der Waals surface area contributed by atoms with Gasteiger partial charge in [0.05, 0.1) is 7.11 Å². The van der Waals surface area contributed by atoms with Crippen molar-refractivity contribution in [2.24, 2.45) is 0 Å². The van der Waals surface area contributed by atoms with Crippen molar-refractivity contribution >= 4 is 23.3 Å². The predicted octanol–water partition coefficient (Wildman–Crippen LogP) is 1.93. The summed E-state index contributed by atoms with van der Waals surface area (Å²) < 4.78 is 11.7. The highest BCUT2D eigenvalue weighted by atomic mass is 16.5. The number of nitrogens with one attached hydrogen (secondary N) is 1. The first-order valence-corrected chi connectivity index (χ1v) is 8.24. The van der Waals surface area contributed by atoms with Gasteiger partial charge in [-0.05, 0) is 39.0 Å². The van der Waals surface area contributed by atoms with E-state index in [1.54, 1.807) is 24.3 Å². The first-order chi connectivity index (χ1) is 12.9. The van der Waals surface area contributed by atoms with Gasteiger partial charge in [-0.25, -0.2) is 14.3 Å². The zero-order chi connectivity index (χ0) is 19.6. The lowest BCUT2D eigenvalue weighted by atomic mass is 10.3. The molecule has 0 spiro atoms. The molecule has 9 nitrogen and oxygen atoms in total. The number of esters is 1. The van der Waals surface area contributed by atoms with Crippen molar-refractivity contribution in [2.45, 2.75) is 26.9 Å². The van der Waals surface area contributed by atoms with Crippen LogP contribution in [0.1, 0.15) is 28.9 Å². The molecule has 140 valence electrons. The molecular formula is C18H19N5O4. The maximum atomic E-state index is 12.3. The summed E-state index contributed by atoms with van der Waals surface area (Å²) in [6.07, 6.45) is -1.04. The van der Waals surface area contributed by atoms with Crippen molar-refractivity contribution in [1.29, 1.82) is 0 Å². The van der Waals surface area contributed by atoms with E-state index in [0.29, 0.717) is 17.2 Å². The minimum Gasteiger partial charge on any atom is -0.497 e. The van der Waals surface area contributed by atoms with E-state index in [0.717, 1.165) is 11.4 Å². The van der Waals surface area contributed by atoms with Gasteiger partial charge in [0.1, 0.15) is 5.75 Å². The molecule has 1 aromatic carbocycles. The molecule has 2 aromatic heterocycles. The van der Waals surface area contributed by atoms with Gasteiger partial charge in [-0.1, -0.05) is 6.07 Å². The molecule has 2 heterocycles. The molecule has 3 aromatic rings. The number of aryl methyl sites for hydroxylation is 2. The van der Waals surface area contributed by atoms with Crippen LogP contribution in [0.3, 0.4) is 0 Å². The fourth-order valence-electron chi connectivity index (χ4n) is 2.46. The number of hydrogen-bond donors (Lipinski definition) is 1. The third kappa shape index (κ3) is 4.02. The second kappa shape index (κ2) is 7.40. The van der Waals surface area contributed by atoms with Gasteiger partial charge in [0.15, 0.2) is 6.10 Å². The Labute approximate surface area is 155 Å². The highest BCUT2D eigenvalue weighted by Gasteiger charge is 2.23. The maximum absolute atomic E-state index is 12.3. The van der Waals surface area contributed by atoms with Crippen molar-refractivity contribution in [3.05, 3.63) is 47.5 Å². The van der Waals surface area contributed by atoms with Crippen LogP contribution in [0.4, 0.5) is 5.69 Å². The van der Waals surface area contributed by atoms with Crippen LogP contribution in [-0.4, -0.2) is 44.7 Å². The molecule has 0 saturated heterocycles. The maximum Gasteiger partial charge on any atom is 0.379 e. The monoisotopic (exact) mass is 369 g/mol. The topological polar surface area (TPSA) is 108 Å². The largest absolute Gasteiger partial charge is 0.497 e. The molecule has 1 atom stereocenters. The zero-order valence-corrected chi connectivity index (χ0v) is 15.4. The third-order valence-corrected chi connectivity index (χ3v) is 3.79. The quantitative estimate of drug-likeness (QED) is 0.685. The molecular weight excluding hydrogens is 350 g/mol. The standard InChI is InChI=1S/C18H19N5O4/c1-10-8-11(2)23-18(19-10)21-15(22-23)17(25)27-12(3)16(24)20-13-6-5-7-14(9-13)26-4/h5-9,12H,1-4H3,(H,20,24)/t12-/m1/s1. The second-order valence-electron chi connectivity index (χ2n) is 5.95. The van der Waals surface area contributed by atoms with Crippen LogP contribution in [0.5, 0.6) is 5.75 Å². The number of amides is 1. The van der Waals surface area contributed by atoms with Gasteiger partial charge in [-0.3, -0.25) is 4.79 Å². The van der Waals surface area contributed by atoms with E-state index in [1.165, 1.54) is 18.5 Å². The lowest BCUT2D eigenvalue weighted by Gasteiger charge is -2.12. The average Bonchev–Trinajstić information content (AvgIpc) is 3.06. The van der Waals surface area contributed by atoms with Crippen molar-refractivity contribution in [2.75, 3.05) is 12.4 Å². The SMILES string of the molecule is COc1cccc(NC(=O)[C@@H](C)OC(=O)c2nc3nc(C)cc(C)n3n2)c1. The number of hydrogen-bond acceptors (Lipinski definition) is 7. The lowest BCUT2D eigenvalue weighted by Crippen LogP contribution is -2.30. The first-order valence-electron chi connectivity index (χ1n) is 8.24. The lowest BCUT2D eigenvalue weighted by molar-refractivity contribution is -0.123. The summed E-state index contributed by atoms with van der Waals surface area (Å²) in [5, 5.41) is 6.75. The van der Waals surface area contributed by atoms with Gasteiger partial charge in [-0.2, -0.15) is 4.98 Å². The number of fused-ring (bicyclic) bond motifs is 1. The number of carbonyl (C=O) groups is 2. The van der Waals surface area contributed by atoms with Crippen molar-refractivity contribution in [1.82, 2.24) is 19.6 Å². The Morgan fingerprint density at radius 3 is 2.70 bits per heavy atom. The van der Waals surface area contributed by atoms with Crippen LogP contribution in [0.2, 0.25) is 0 Å². The summed E-state index contributed by atoms with van der Waals surface area (Å²) in [6, 6.07) is 8.68. The van der Waals surface area contributed by atoms with Gasteiger partial charge in [0.2, 0.25) is 0 Å². The minimum atomic E-state index is -1.04. The van der Waals surface area contributed by atoms with Crippen LogP contribution >= 0.6 is 0 Å². The summed E-state index contributed by atoms with van der Waals surface area (Å²) >= 11 is 0. The Balaban J connectivity index is 1.69. The normalized spacial score (nSPS) is 11.9. The Morgan fingerprint density at radius 1 is 1.19 bits per heavy atom. The van der Waals surface area contributed by atoms with E-state index in [9.17, 15) is 9.59 Å². The Bertz CT molecular complexity index is 1010. The van der Waals surface area contributed by atoms with Gasteiger partial charge >= 0.3 is 5.97 Å². The second-order valence-corrected chi connectivity index (χ2v) is 5.95.